The first-order valence-corrected chi connectivity index (χ1v) is 9.83. The van der Waals surface area contributed by atoms with Gasteiger partial charge < -0.3 is 0 Å². The third kappa shape index (κ3) is 1.72. The quantitative estimate of drug-likeness (QED) is 0.715. The summed E-state index contributed by atoms with van der Waals surface area (Å²) in [5, 5.41) is 9.69. The van der Waals surface area contributed by atoms with Crippen molar-refractivity contribution < 1.29 is 4.79 Å². The predicted octanol–water partition coefficient (Wildman–Crippen LogP) is 4.51. The lowest BCUT2D eigenvalue weighted by Gasteiger charge is -2.54. The smallest absolute Gasteiger partial charge is 0.155 e. The lowest BCUT2D eigenvalue weighted by Crippen LogP contribution is -2.48. The minimum Gasteiger partial charge on any atom is -0.295 e. The molecule has 0 aromatic rings. The van der Waals surface area contributed by atoms with Crippen molar-refractivity contribution in [3.63, 3.8) is 0 Å². The Morgan fingerprint density at radius 3 is 2.87 bits per heavy atom. The Labute approximate surface area is 139 Å². The molecule has 0 saturated heterocycles. The molecule has 3 unspecified atom stereocenters. The molecule has 23 heavy (non-hydrogen) atoms. The van der Waals surface area contributed by atoms with Crippen LogP contribution in [-0.4, -0.2) is 5.78 Å². The summed E-state index contributed by atoms with van der Waals surface area (Å²) in [6, 6.07) is 2.68. The van der Waals surface area contributed by atoms with Crippen molar-refractivity contribution in [2.24, 2.45) is 46.8 Å². The monoisotopic (exact) mass is 309 g/mol. The van der Waals surface area contributed by atoms with Crippen LogP contribution >= 0.6 is 0 Å². The first kappa shape index (κ1) is 14.3. The van der Waals surface area contributed by atoms with Crippen LogP contribution in [-0.2, 0) is 4.79 Å². The Bertz CT molecular complexity index is 628. The highest BCUT2D eigenvalue weighted by atomic mass is 16.1. The number of allylic oxidation sites excluding steroid dienone is 1. The maximum absolute atomic E-state index is 11.9. The molecule has 2 nitrogen and oxygen atoms in total. The molecular weight excluding hydrogens is 282 g/mol. The van der Waals surface area contributed by atoms with Crippen LogP contribution in [0.25, 0.3) is 0 Å². The number of hydrogen-bond donors (Lipinski definition) is 0. The molecule has 4 fully saturated rings. The molecule has 8 atom stereocenters. The maximum Gasteiger partial charge on any atom is 0.155 e. The number of ketones is 1. The van der Waals surface area contributed by atoms with Crippen LogP contribution in [0.5, 0.6) is 0 Å². The summed E-state index contributed by atoms with van der Waals surface area (Å²) in [6.45, 7) is 2.33. The predicted molar refractivity (Wildman–Crippen MR) is 88.2 cm³/mol. The van der Waals surface area contributed by atoms with E-state index in [4.69, 9.17) is 0 Å². The third-order valence-corrected chi connectivity index (χ3v) is 8.65. The normalized spacial score (nSPS) is 53.3. The molecule has 0 N–H and O–H groups in total. The minimum atomic E-state index is 0.306. The van der Waals surface area contributed by atoms with Gasteiger partial charge in [-0.15, -0.1) is 0 Å². The van der Waals surface area contributed by atoms with Crippen LogP contribution in [0.2, 0.25) is 0 Å². The van der Waals surface area contributed by atoms with E-state index in [0.717, 1.165) is 48.9 Å². The summed E-state index contributed by atoms with van der Waals surface area (Å²) in [7, 11) is 0. The summed E-state index contributed by atoms with van der Waals surface area (Å²) in [5.74, 6) is 5.46. The second-order valence-electron chi connectivity index (χ2n) is 8.99. The zero-order valence-electron chi connectivity index (χ0n) is 14.1. The second kappa shape index (κ2) is 4.71. The molecule has 0 radical (unpaired) electrons. The molecule has 0 aromatic heterocycles. The van der Waals surface area contributed by atoms with Crippen molar-refractivity contribution in [1.29, 1.82) is 5.26 Å². The van der Waals surface area contributed by atoms with E-state index < -0.39 is 0 Å². The molecule has 122 valence electrons. The Morgan fingerprint density at radius 2 is 2.09 bits per heavy atom. The molecule has 0 amide bonds. The number of hydrogen-bond acceptors (Lipinski definition) is 2. The van der Waals surface area contributed by atoms with E-state index in [-0.39, 0.29) is 0 Å². The number of carbonyl (C=O) groups is 1. The molecule has 0 aliphatic heterocycles. The first-order valence-electron chi connectivity index (χ1n) is 9.83. The van der Waals surface area contributed by atoms with Crippen molar-refractivity contribution in [3.05, 3.63) is 11.6 Å². The van der Waals surface area contributed by atoms with Crippen molar-refractivity contribution in [1.82, 2.24) is 0 Å². The van der Waals surface area contributed by atoms with E-state index in [2.05, 4.69) is 13.0 Å². The Balaban J connectivity index is 1.53. The first-order chi connectivity index (χ1) is 11.2. The number of nitrogens with zero attached hydrogens (tertiary/aromatic N) is 1. The zero-order chi connectivity index (χ0) is 15.8. The van der Waals surface area contributed by atoms with Gasteiger partial charge >= 0.3 is 0 Å². The minimum absolute atomic E-state index is 0.306. The van der Waals surface area contributed by atoms with E-state index in [0.29, 0.717) is 23.0 Å². The van der Waals surface area contributed by atoms with E-state index in [1.165, 1.54) is 32.1 Å². The van der Waals surface area contributed by atoms with Crippen LogP contribution in [0.1, 0.15) is 58.3 Å². The van der Waals surface area contributed by atoms with E-state index >= 15 is 0 Å². The number of nitriles is 1. The lowest BCUT2D eigenvalue weighted by atomic mass is 9.50. The van der Waals surface area contributed by atoms with Gasteiger partial charge in [0, 0.05) is 6.42 Å². The number of carbonyl (C=O) groups excluding carboxylic acids is 1. The van der Waals surface area contributed by atoms with Gasteiger partial charge in [-0.1, -0.05) is 12.5 Å². The van der Waals surface area contributed by atoms with Crippen LogP contribution in [0, 0.1) is 58.2 Å². The highest BCUT2D eigenvalue weighted by molar-refractivity contribution is 5.91. The van der Waals surface area contributed by atoms with Crippen LogP contribution in [0.3, 0.4) is 0 Å². The standard InChI is InChI=1S/C21H27NO/c1-2-21-8-7-15-14-5-4-13(23)9-16(14)17-10-18(17)20(15)19(21)6-3-12(21)11-22/h9,12,14-15,17-20H,2-8,10H2,1H3/t12?,14-,15-,17?,18?,19+,20+,21-/m1/s1. The summed E-state index contributed by atoms with van der Waals surface area (Å²) < 4.78 is 0. The molecule has 5 rings (SSSR count). The fourth-order valence-corrected chi connectivity index (χ4v) is 7.70. The van der Waals surface area contributed by atoms with Gasteiger partial charge in [0.15, 0.2) is 5.78 Å². The molecule has 4 saturated carbocycles. The Kier molecular flexibility index (Phi) is 2.92. The SMILES string of the molecule is CC[C@]12CC[C@H]3[C@@H](C4CC4C4=CC(=O)CC[C@@H]43)[C@@H]1CCC2C#N. The van der Waals surface area contributed by atoms with Gasteiger partial charge in [0.2, 0.25) is 0 Å². The van der Waals surface area contributed by atoms with E-state index in [9.17, 15) is 10.1 Å². The fourth-order valence-electron chi connectivity index (χ4n) is 7.70. The van der Waals surface area contributed by atoms with E-state index in [1.807, 2.05) is 6.08 Å². The molecule has 5 aliphatic rings. The van der Waals surface area contributed by atoms with Crippen LogP contribution in [0.15, 0.2) is 11.6 Å². The largest absolute Gasteiger partial charge is 0.295 e. The molecule has 5 aliphatic carbocycles. The highest BCUT2D eigenvalue weighted by Crippen LogP contribution is 2.71. The second-order valence-corrected chi connectivity index (χ2v) is 8.99. The molecular formula is C21H27NO. The van der Waals surface area contributed by atoms with Crippen molar-refractivity contribution >= 4 is 5.78 Å². The molecule has 0 aromatic carbocycles. The van der Waals surface area contributed by atoms with Gasteiger partial charge in [0.05, 0.1) is 12.0 Å². The van der Waals surface area contributed by atoms with E-state index in [1.54, 1.807) is 5.57 Å². The van der Waals surface area contributed by atoms with Gasteiger partial charge in [0.25, 0.3) is 0 Å². The molecule has 0 spiro atoms. The fraction of sp³-hybridized carbons (Fsp3) is 0.810. The average Bonchev–Trinajstić information content (AvgIpc) is 3.28. The molecule has 0 heterocycles. The van der Waals surface area contributed by atoms with Gasteiger partial charge in [-0.25, -0.2) is 0 Å². The number of fused-ring (bicyclic) bond motifs is 8. The topological polar surface area (TPSA) is 40.9 Å². The maximum atomic E-state index is 11.9. The van der Waals surface area contributed by atoms with Gasteiger partial charge in [0.1, 0.15) is 0 Å². The number of rotatable bonds is 1. The molecule has 2 heteroatoms. The average molecular weight is 309 g/mol. The summed E-state index contributed by atoms with van der Waals surface area (Å²) in [4.78, 5) is 11.9. The van der Waals surface area contributed by atoms with Gasteiger partial charge in [-0.2, -0.15) is 5.26 Å². The zero-order valence-corrected chi connectivity index (χ0v) is 14.1. The molecule has 0 bridgehead atoms. The summed E-state index contributed by atoms with van der Waals surface area (Å²) in [5.41, 5.74) is 1.88. The van der Waals surface area contributed by atoms with Crippen molar-refractivity contribution in [2.45, 2.75) is 58.3 Å². The van der Waals surface area contributed by atoms with Crippen LogP contribution in [0.4, 0.5) is 0 Å². The van der Waals surface area contributed by atoms with Crippen LogP contribution < -0.4 is 0 Å². The Morgan fingerprint density at radius 1 is 1.22 bits per heavy atom. The third-order valence-electron chi connectivity index (χ3n) is 8.65. The lowest BCUT2D eigenvalue weighted by molar-refractivity contribution is -0.116. The summed E-state index contributed by atoms with van der Waals surface area (Å²) in [6.07, 6.45) is 11.5. The van der Waals surface area contributed by atoms with Gasteiger partial charge in [-0.05, 0) is 91.9 Å². The van der Waals surface area contributed by atoms with Crippen molar-refractivity contribution in [2.75, 3.05) is 0 Å². The van der Waals surface area contributed by atoms with Gasteiger partial charge in [-0.3, -0.25) is 4.79 Å². The summed E-state index contributed by atoms with van der Waals surface area (Å²) >= 11 is 0. The Hall–Kier alpha value is -1.10. The van der Waals surface area contributed by atoms with Crippen molar-refractivity contribution in [3.8, 4) is 6.07 Å². The highest BCUT2D eigenvalue weighted by Gasteiger charge is 2.65.